The second kappa shape index (κ2) is 5.35. The monoisotopic (exact) mass is 283 g/mol. The van der Waals surface area contributed by atoms with Gasteiger partial charge in [0.2, 0.25) is 5.91 Å². The van der Waals surface area contributed by atoms with Crippen LogP contribution in [0.25, 0.3) is 0 Å². The number of nitrogens with one attached hydrogen (secondary N) is 2. The number of fused-ring (bicyclic) bond motifs is 1. The van der Waals surface area contributed by atoms with Crippen LogP contribution in [-0.4, -0.2) is 33.6 Å². The highest BCUT2D eigenvalue weighted by molar-refractivity contribution is 7.84. The number of carbonyl (C=O) groups excluding carboxylic acids is 1. The van der Waals surface area contributed by atoms with Crippen LogP contribution in [0.1, 0.15) is 5.56 Å². The molecule has 0 fully saturated rings. The Kier molecular flexibility index (Phi) is 3.79. The Morgan fingerprint density at radius 2 is 2.26 bits per heavy atom. The van der Waals surface area contributed by atoms with Gasteiger partial charge in [-0.05, 0) is 11.6 Å². The molecule has 0 bridgehead atoms. The first-order chi connectivity index (χ1) is 8.97. The maximum absolute atomic E-state index is 11.3. The minimum atomic E-state index is -0.964. The van der Waals surface area contributed by atoms with Crippen LogP contribution in [0.3, 0.4) is 0 Å². The number of nitro benzene ring substituents is 1. The van der Waals surface area contributed by atoms with Crippen molar-refractivity contribution in [2.24, 2.45) is 0 Å². The molecule has 19 heavy (non-hydrogen) atoms. The third-order valence-electron chi connectivity index (χ3n) is 2.75. The molecule has 0 saturated carbocycles. The number of hydrogen-bond donors (Lipinski definition) is 2. The van der Waals surface area contributed by atoms with Crippen molar-refractivity contribution in [1.29, 1.82) is 0 Å². The molecule has 1 aliphatic heterocycles. The lowest BCUT2D eigenvalue weighted by molar-refractivity contribution is -0.384. The van der Waals surface area contributed by atoms with E-state index in [0.29, 0.717) is 29.2 Å². The third-order valence-corrected chi connectivity index (χ3v) is 3.53. The molecule has 7 nitrogen and oxygen atoms in total. The topological polar surface area (TPSA) is 101 Å². The lowest BCUT2D eigenvalue weighted by Gasteiger charge is -2.08. The number of benzene rings is 1. The molecule has 1 unspecified atom stereocenters. The van der Waals surface area contributed by atoms with Crippen LogP contribution in [0.15, 0.2) is 12.1 Å². The Bertz CT molecular complexity index is 573. The summed E-state index contributed by atoms with van der Waals surface area (Å²) in [5.74, 6) is 0.233. The van der Waals surface area contributed by atoms with E-state index in [0.717, 1.165) is 0 Å². The van der Waals surface area contributed by atoms with E-state index < -0.39 is 15.7 Å². The predicted molar refractivity (Wildman–Crippen MR) is 72.9 cm³/mol. The van der Waals surface area contributed by atoms with Gasteiger partial charge in [0.05, 0.1) is 11.3 Å². The molecular weight excluding hydrogens is 270 g/mol. The molecule has 2 N–H and O–H groups in total. The second-order valence-corrected chi connectivity index (χ2v) is 5.77. The highest BCUT2D eigenvalue weighted by Gasteiger charge is 2.24. The summed E-state index contributed by atoms with van der Waals surface area (Å²) >= 11 is 0. The van der Waals surface area contributed by atoms with Crippen molar-refractivity contribution in [3.63, 3.8) is 0 Å². The van der Waals surface area contributed by atoms with E-state index in [1.54, 1.807) is 12.3 Å². The van der Waals surface area contributed by atoms with Crippen LogP contribution in [0.5, 0.6) is 0 Å². The van der Waals surface area contributed by atoms with Gasteiger partial charge in [-0.2, -0.15) is 0 Å². The Hall–Kier alpha value is -1.96. The maximum atomic E-state index is 11.3. The summed E-state index contributed by atoms with van der Waals surface area (Å²) in [5, 5.41) is 16.5. The number of anilines is 2. The Balaban J connectivity index is 2.26. The van der Waals surface area contributed by atoms with Gasteiger partial charge in [-0.3, -0.25) is 19.1 Å². The van der Waals surface area contributed by atoms with Crippen molar-refractivity contribution < 1.29 is 13.9 Å². The first-order valence-electron chi connectivity index (χ1n) is 5.62. The third kappa shape index (κ3) is 3.08. The molecule has 0 aliphatic carbocycles. The molecule has 2 rings (SSSR count). The number of nitro groups is 1. The maximum Gasteiger partial charge on any atom is 0.292 e. The van der Waals surface area contributed by atoms with Gasteiger partial charge in [0.25, 0.3) is 5.69 Å². The smallest absolute Gasteiger partial charge is 0.292 e. The minimum Gasteiger partial charge on any atom is -0.379 e. The molecule has 8 heteroatoms. The lowest BCUT2D eigenvalue weighted by Crippen LogP contribution is -2.11. The highest BCUT2D eigenvalue weighted by Crippen LogP contribution is 2.34. The fourth-order valence-electron chi connectivity index (χ4n) is 1.88. The van der Waals surface area contributed by atoms with Gasteiger partial charge in [0, 0.05) is 41.1 Å². The van der Waals surface area contributed by atoms with Crippen molar-refractivity contribution in [3.8, 4) is 0 Å². The van der Waals surface area contributed by atoms with E-state index in [2.05, 4.69) is 10.6 Å². The molecule has 0 saturated heterocycles. The average Bonchev–Trinajstić information content (AvgIpc) is 2.66. The summed E-state index contributed by atoms with van der Waals surface area (Å²) in [5.41, 5.74) is 1.48. The number of rotatable bonds is 5. The summed E-state index contributed by atoms with van der Waals surface area (Å²) in [6.45, 7) is 0.372. The van der Waals surface area contributed by atoms with Gasteiger partial charge in [-0.1, -0.05) is 0 Å². The molecule has 0 aromatic heterocycles. The van der Waals surface area contributed by atoms with Gasteiger partial charge in [0.15, 0.2) is 0 Å². The molecule has 1 heterocycles. The van der Waals surface area contributed by atoms with Crippen LogP contribution in [0, 0.1) is 10.1 Å². The fraction of sp³-hybridized carbons (Fsp3) is 0.364. The van der Waals surface area contributed by atoms with E-state index in [1.807, 2.05) is 0 Å². The standard InChI is InChI=1S/C11H13N3O4S/c1-19(18)3-2-12-9-6-8-7(5-11(15)13-8)4-10(9)14(16)17/h4,6,12H,2-3,5H2,1H3,(H,13,15). The van der Waals surface area contributed by atoms with Crippen LogP contribution >= 0.6 is 0 Å². The van der Waals surface area contributed by atoms with E-state index in [-0.39, 0.29) is 18.0 Å². The number of nitrogens with zero attached hydrogens (tertiary/aromatic N) is 1. The normalized spacial score (nSPS) is 14.7. The Morgan fingerprint density at radius 1 is 1.53 bits per heavy atom. The van der Waals surface area contributed by atoms with Crippen LogP contribution < -0.4 is 10.6 Å². The zero-order valence-corrected chi connectivity index (χ0v) is 11.1. The summed E-state index contributed by atoms with van der Waals surface area (Å²) in [6.07, 6.45) is 1.73. The van der Waals surface area contributed by atoms with E-state index in [4.69, 9.17) is 0 Å². The molecular formula is C11H13N3O4S. The number of amides is 1. The molecule has 1 aliphatic rings. The quantitative estimate of drug-likeness (QED) is 0.617. The zero-order chi connectivity index (χ0) is 14.0. The first kappa shape index (κ1) is 13.5. The predicted octanol–water partition coefficient (Wildman–Crippen LogP) is 0.880. The van der Waals surface area contributed by atoms with Crippen molar-refractivity contribution in [2.45, 2.75) is 6.42 Å². The van der Waals surface area contributed by atoms with E-state index in [9.17, 15) is 19.1 Å². The van der Waals surface area contributed by atoms with Crippen molar-refractivity contribution in [3.05, 3.63) is 27.8 Å². The molecule has 1 aromatic rings. The Labute approximate surface area is 112 Å². The fourth-order valence-corrected chi connectivity index (χ4v) is 2.27. The van der Waals surface area contributed by atoms with E-state index in [1.165, 1.54) is 6.07 Å². The summed E-state index contributed by atoms with van der Waals surface area (Å²) in [6, 6.07) is 2.95. The minimum absolute atomic E-state index is 0.0721. The molecule has 0 spiro atoms. The summed E-state index contributed by atoms with van der Waals surface area (Å²) < 4.78 is 11.0. The Morgan fingerprint density at radius 3 is 2.89 bits per heavy atom. The molecule has 1 aromatic carbocycles. The van der Waals surface area contributed by atoms with Gasteiger partial charge in [0.1, 0.15) is 5.69 Å². The molecule has 1 atom stereocenters. The van der Waals surface area contributed by atoms with Crippen molar-refractivity contribution in [1.82, 2.24) is 0 Å². The summed E-state index contributed by atoms with van der Waals surface area (Å²) in [7, 11) is -0.964. The van der Waals surface area contributed by atoms with E-state index >= 15 is 0 Å². The molecule has 0 radical (unpaired) electrons. The zero-order valence-electron chi connectivity index (χ0n) is 10.3. The average molecular weight is 283 g/mol. The summed E-state index contributed by atoms with van der Waals surface area (Å²) in [4.78, 5) is 21.8. The van der Waals surface area contributed by atoms with Crippen molar-refractivity contribution in [2.75, 3.05) is 29.2 Å². The molecule has 102 valence electrons. The van der Waals surface area contributed by atoms with Gasteiger partial charge in [-0.15, -0.1) is 0 Å². The van der Waals surface area contributed by atoms with Crippen LogP contribution in [0.2, 0.25) is 0 Å². The van der Waals surface area contributed by atoms with Crippen LogP contribution in [-0.2, 0) is 22.0 Å². The number of carbonyl (C=O) groups is 1. The van der Waals surface area contributed by atoms with Gasteiger partial charge < -0.3 is 10.6 Å². The SMILES string of the molecule is CS(=O)CCNc1cc2c(cc1[N+](=O)[O-])CC(=O)N2. The highest BCUT2D eigenvalue weighted by atomic mass is 32.2. The molecule has 1 amide bonds. The van der Waals surface area contributed by atoms with Gasteiger partial charge in [-0.25, -0.2) is 0 Å². The second-order valence-electron chi connectivity index (χ2n) is 4.21. The van der Waals surface area contributed by atoms with Gasteiger partial charge >= 0.3 is 0 Å². The lowest BCUT2D eigenvalue weighted by atomic mass is 10.1. The first-order valence-corrected chi connectivity index (χ1v) is 7.35. The number of hydrogen-bond acceptors (Lipinski definition) is 5. The van der Waals surface area contributed by atoms with Crippen LogP contribution in [0.4, 0.5) is 17.1 Å². The largest absolute Gasteiger partial charge is 0.379 e. The van der Waals surface area contributed by atoms with Crippen molar-refractivity contribution >= 4 is 33.8 Å².